The minimum absolute atomic E-state index is 0.265. The van der Waals surface area contributed by atoms with E-state index in [0.29, 0.717) is 0 Å². The monoisotopic (exact) mass is 246 g/mol. The Morgan fingerprint density at radius 1 is 1.47 bits per heavy atom. The zero-order chi connectivity index (χ0) is 10.9. The fourth-order valence-corrected chi connectivity index (χ4v) is 3.07. The van der Waals surface area contributed by atoms with Gasteiger partial charge in [0, 0.05) is 12.4 Å². The Morgan fingerprint density at radius 2 is 2.27 bits per heavy atom. The van der Waals surface area contributed by atoms with E-state index in [4.69, 9.17) is 0 Å². The van der Waals surface area contributed by atoms with Gasteiger partial charge in [-0.05, 0) is 18.2 Å². The third kappa shape index (κ3) is 2.24. The topological polar surface area (TPSA) is 58.5 Å². The van der Waals surface area contributed by atoms with Crippen LogP contribution in [0.15, 0.2) is 29.4 Å². The van der Waals surface area contributed by atoms with Gasteiger partial charge in [-0.15, -0.1) is 0 Å². The van der Waals surface area contributed by atoms with Gasteiger partial charge in [-0.25, -0.2) is 8.42 Å². The van der Waals surface area contributed by atoms with E-state index in [9.17, 15) is 12.8 Å². The molecule has 1 aliphatic heterocycles. The second-order valence-corrected chi connectivity index (χ2v) is 5.73. The molecule has 2 rings (SSSR count). The maximum absolute atomic E-state index is 12.6. The molecule has 0 aliphatic carbocycles. The number of rotatable bonds is 3. The Bertz CT molecular complexity index is 506. The van der Waals surface area contributed by atoms with E-state index in [1.54, 1.807) is 0 Å². The Labute approximate surface area is 90.2 Å². The van der Waals surface area contributed by atoms with E-state index in [-0.39, 0.29) is 5.00 Å². The van der Waals surface area contributed by atoms with Crippen molar-refractivity contribution in [3.05, 3.63) is 29.5 Å². The van der Waals surface area contributed by atoms with Gasteiger partial charge in [0.05, 0.1) is 0 Å². The SMILES string of the molecule is O=S(=O)(Nc1ccc(F)s1)C1C=CN=C1. The van der Waals surface area contributed by atoms with Crippen molar-refractivity contribution in [1.82, 2.24) is 0 Å². The number of hydrogen-bond acceptors (Lipinski definition) is 4. The molecule has 7 heteroatoms. The van der Waals surface area contributed by atoms with Crippen LogP contribution in [-0.4, -0.2) is 19.9 Å². The molecule has 1 aliphatic rings. The van der Waals surface area contributed by atoms with E-state index in [0.717, 1.165) is 11.3 Å². The highest BCUT2D eigenvalue weighted by Gasteiger charge is 2.23. The lowest BCUT2D eigenvalue weighted by atomic mass is 10.5. The molecule has 0 saturated heterocycles. The molecule has 0 aromatic carbocycles. The molecule has 0 saturated carbocycles. The molecule has 1 N–H and O–H groups in total. The molecule has 15 heavy (non-hydrogen) atoms. The summed E-state index contributed by atoms with van der Waals surface area (Å²) in [6, 6.07) is 2.59. The van der Waals surface area contributed by atoms with Gasteiger partial charge < -0.3 is 0 Å². The van der Waals surface area contributed by atoms with Crippen molar-refractivity contribution >= 4 is 32.6 Å². The summed E-state index contributed by atoms with van der Waals surface area (Å²) in [5, 5.41) is -0.938. The van der Waals surface area contributed by atoms with Crippen LogP contribution < -0.4 is 4.72 Å². The van der Waals surface area contributed by atoms with Gasteiger partial charge in [-0.3, -0.25) is 9.71 Å². The second kappa shape index (κ2) is 3.74. The summed E-state index contributed by atoms with van der Waals surface area (Å²) in [7, 11) is -3.54. The molecule has 1 aromatic rings. The van der Waals surface area contributed by atoms with E-state index >= 15 is 0 Å². The van der Waals surface area contributed by atoms with Crippen LogP contribution in [0.3, 0.4) is 0 Å². The zero-order valence-electron chi connectivity index (χ0n) is 7.42. The first-order valence-electron chi connectivity index (χ1n) is 4.05. The average Bonchev–Trinajstić information content (AvgIpc) is 2.75. The van der Waals surface area contributed by atoms with Crippen molar-refractivity contribution in [2.45, 2.75) is 5.25 Å². The molecule has 0 radical (unpaired) electrons. The predicted molar refractivity (Wildman–Crippen MR) is 58.2 cm³/mol. The molecule has 0 bridgehead atoms. The summed E-state index contributed by atoms with van der Waals surface area (Å²) in [5.74, 6) is 0. The standard InChI is InChI=1S/C8H7FN2O2S2/c9-7-1-2-8(14-7)11-15(12,13)6-3-4-10-5-6/h1-6,11H. The molecule has 4 nitrogen and oxygen atoms in total. The van der Waals surface area contributed by atoms with Gasteiger partial charge in [0.2, 0.25) is 10.0 Å². The smallest absolute Gasteiger partial charge is 0.245 e. The van der Waals surface area contributed by atoms with Gasteiger partial charge >= 0.3 is 0 Å². The minimum atomic E-state index is -3.54. The third-order valence-corrected chi connectivity index (χ3v) is 4.19. The Morgan fingerprint density at radius 3 is 2.80 bits per heavy atom. The van der Waals surface area contributed by atoms with Crippen LogP contribution in [0.25, 0.3) is 0 Å². The normalized spacial score (nSPS) is 19.7. The van der Waals surface area contributed by atoms with E-state index in [2.05, 4.69) is 9.71 Å². The van der Waals surface area contributed by atoms with E-state index < -0.39 is 20.4 Å². The highest BCUT2D eigenvalue weighted by atomic mass is 32.2. The van der Waals surface area contributed by atoms with Crippen LogP contribution in [0.5, 0.6) is 0 Å². The molecular formula is C8H7FN2O2S2. The number of nitrogens with one attached hydrogen (secondary N) is 1. The number of halogens is 1. The van der Waals surface area contributed by atoms with Crippen molar-refractivity contribution in [2.75, 3.05) is 4.72 Å². The lowest BCUT2D eigenvalue weighted by Crippen LogP contribution is -2.25. The van der Waals surface area contributed by atoms with Crippen LogP contribution >= 0.6 is 11.3 Å². The van der Waals surface area contributed by atoms with Crippen LogP contribution in [0.4, 0.5) is 9.39 Å². The largest absolute Gasteiger partial charge is 0.274 e. The number of thiophene rings is 1. The lowest BCUT2D eigenvalue weighted by Gasteiger charge is -2.07. The van der Waals surface area contributed by atoms with Crippen LogP contribution in [0.1, 0.15) is 0 Å². The van der Waals surface area contributed by atoms with Gasteiger partial charge in [-0.2, -0.15) is 4.39 Å². The maximum atomic E-state index is 12.6. The van der Waals surface area contributed by atoms with Crippen molar-refractivity contribution in [3.8, 4) is 0 Å². The van der Waals surface area contributed by atoms with Crippen molar-refractivity contribution in [2.24, 2.45) is 4.99 Å². The molecule has 80 valence electrons. The molecule has 1 atom stereocenters. The summed E-state index contributed by atoms with van der Waals surface area (Å²) < 4.78 is 38.2. The second-order valence-electron chi connectivity index (χ2n) is 2.86. The van der Waals surface area contributed by atoms with Crippen molar-refractivity contribution in [3.63, 3.8) is 0 Å². The van der Waals surface area contributed by atoms with Crippen molar-refractivity contribution < 1.29 is 12.8 Å². The van der Waals surface area contributed by atoms with Gasteiger partial charge in [0.25, 0.3) is 0 Å². The van der Waals surface area contributed by atoms with E-state index in [1.165, 1.54) is 30.6 Å². The fraction of sp³-hybridized carbons (Fsp3) is 0.125. The Kier molecular flexibility index (Phi) is 2.57. The summed E-state index contributed by atoms with van der Waals surface area (Å²) in [6.45, 7) is 0. The predicted octanol–water partition coefficient (Wildman–Crippen LogP) is 1.60. The first kappa shape index (κ1) is 10.3. The molecule has 1 unspecified atom stereocenters. The third-order valence-electron chi connectivity index (χ3n) is 1.77. The molecule has 0 fully saturated rings. The summed E-state index contributed by atoms with van der Waals surface area (Å²) in [4.78, 5) is 3.68. The Hall–Kier alpha value is -1.21. The molecule has 0 amide bonds. The molecule has 1 aromatic heterocycles. The van der Waals surface area contributed by atoms with Crippen molar-refractivity contribution in [1.29, 1.82) is 0 Å². The number of sulfonamides is 1. The first-order chi connectivity index (χ1) is 7.08. The molecule has 0 spiro atoms. The molecular weight excluding hydrogens is 239 g/mol. The van der Waals surface area contributed by atoms with Crippen LogP contribution in [0.2, 0.25) is 0 Å². The van der Waals surface area contributed by atoms with Gasteiger partial charge in [0.15, 0.2) is 5.13 Å². The first-order valence-corrected chi connectivity index (χ1v) is 6.41. The van der Waals surface area contributed by atoms with Gasteiger partial charge in [-0.1, -0.05) is 11.3 Å². The zero-order valence-corrected chi connectivity index (χ0v) is 9.06. The maximum Gasteiger partial charge on any atom is 0.245 e. The average molecular weight is 246 g/mol. The number of aliphatic imine (C=N–C) groups is 1. The van der Waals surface area contributed by atoms with Gasteiger partial charge in [0.1, 0.15) is 10.3 Å². The van der Waals surface area contributed by atoms with Crippen LogP contribution in [-0.2, 0) is 10.0 Å². The minimum Gasteiger partial charge on any atom is -0.274 e. The summed E-state index contributed by atoms with van der Waals surface area (Å²) in [6.07, 6.45) is 4.18. The lowest BCUT2D eigenvalue weighted by molar-refractivity contribution is 0.601. The Balaban J connectivity index is 2.18. The number of hydrogen-bond donors (Lipinski definition) is 1. The highest BCUT2D eigenvalue weighted by Crippen LogP contribution is 2.22. The molecule has 2 heterocycles. The number of anilines is 1. The van der Waals surface area contributed by atoms with Crippen LogP contribution in [0, 0.1) is 5.13 Å². The quantitative estimate of drug-likeness (QED) is 0.880. The highest BCUT2D eigenvalue weighted by molar-refractivity contribution is 7.94. The van der Waals surface area contributed by atoms with E-state index in [1.807, 2.05) is 0 Å². The number of nitrogens with zero attached hydrogens (tertiary/aromatic N) is 1. The summed E-state index contributed by atoms with van der Waals surface area (Å²) in [5.41, 5.74) is 0. The fourth-order valence-electron chi connectivity index (χ4n) is 1.08. The summed E-state index contributed by atoms with van der Waals surface area (Å²) >= 11 is 0.748.